The van der Waals surface area contributed by atoms with Crippen LogP contribution in [0.4, 0.5) is 11.4 Å². The molecule has 1 heterocycles. The molecule has 0 aliphatic carbocycles. The maximum atomic E-state index is 5.75. The van der Waals surface area contributed by atoms with Crippen LogP contribution in [0.25, 0.3) is 0 Å². The van der Waals surface area contributed by atoms with E-state index >= 15 is 0 Å². The van der Waals surface area contributed by atoms with Crippen molar-refractivity contribution < 1.29 is 0 Å². The molecule has 0 unspecified atom stereocenters. The summed E-state index contributed by atoms with van der Waals surface area (Å²) >= 11 is 1.50. The summed E-state index contributed by atoms with van der Waals surface area (Å²) in [4.78, 5) is 11.1. The predicted octanol–water partition coefficient (Wildman–Crippen LogP) is 5.39. The van der Waals surface area contributed by atoms with E-state index in [9.17, 15) is 0 Å². The van der Waals surface area contributed by atoms with Gasteiger partial charge in [0.15, 0.2) is 0 Å². The molecule has 3 aromatic rings. The van der Waals surface area contributed by atoms with E-state index in [1.54, 1.807) is 6.20 Å². The smallest absolute Gasteiger partial charge is 0.108 e. The zero-order valence-electron chi connectivity index (χ0n) is 16.0. The first kappa shape index (κ1) is 19.7. The molecule has 0 spiro atoms. The topological polar surface area (TPSA) is 54.5 Å². The number of pyridine rings is 1. The minimum atomic E-state index is 0.647. The summed E-state index contributed by atoms with van der Waals surface area (Å²) in [6, 6.07) is 24.4. The van der Waals surface area contributed by atoms with Gasteiger partial charge in [0.25, 0.3) is 0 Å². The fourth-order valence-corrected chi connectivity index (χ4v) is 3.64. The molecule has 0 radical (unpaired) electrons. The number of aromatic nitrogens is 1. The molecule has 4 nitrogen and oxygen atoms in total. The normalized spacial score (nSPS) is 11.2. The van der Waals surface area contributed by atoms with E-state index in [-0.39, 0.29) is 0 Å². The molecule has 0 fully saturated rings. The van der Waals surface area contributed by atoms with Gasteiger partial charge in [0, 0.05) is 19.2 Å². The van der Waals surface area contributed by atoms with Gasteiger partial charge in [-0.25, -0.2) is 4.98 Å². The molecular weight excluding hydrogens is 364 g/mol. The van der Waals surface area contributed by atoms with Gasteiger partial charge < -0.3 is 5.73 Å². The van der Waals surface area contributed by atoms with Gasteiger partial charge in [0.2, 0.25) is 0 Å². The lowest BCUT2D eigenvalue weighted by Gasteiger charge is -2.27. The Hall–Kier alpha value is -3.05. The highest BCUT2D eigenvalue weighted by Crippen LogP contribution is 2.31. The third-order valence-corrected chi connectivity index (χ3v) is 5.11. The second-order valence-corrected chi connectivity index (χ2v) is 7.32. The lowest BCUT2D eigenvalue weighted by molar-refractivity contribution is 1.01. The summed E-state index contributed by atoms with van der Waals surface area (Å²) in [5, 5.41) is 1.69. The number of amidine groups is 1. The number of nitrogens with zero attached hydrogens (tertiary/aromatic N) is 3. The van der Waals surface area contributed by atoms with Crippen LogP contribution >= 0.6 is 11.8 Å². The summed E-state index contributed by atoms with van der Waals surface area (Å²) in [6.07, 6.45) is 3.38. The van der Waals surface area contributed by atoms with Crippen molar-refractivity contribution in [2.24, 2.45) is 4.99 Å². The van der Waals surface area contributed by atoms with E-state index in [2.05, 4.69) is 57.9 Å². The van der Waals surface area contributed by atoms with E-state index in [0.717, 1.165) is 34.4 Å². The molecule has 0 aliphatic heterocycles. The van der Waals surface area contributed by atoms with Crippen LogP contribution in [0.5, 0.6) is 0 Å². The number of aryl methyl sites for hydroxylation is 1. The van der Waals surface area contributed by atoms with Crippen molar-refractivity contribution in [3.05, 3.63) is 96.2 Å². The van der Waals surface area contributed by atoms with Gasteiger partial charge in [0.1, 0.15) is 10.9 Å². The van der Waals surface area contributed by atoms with Crippen molar-refractivity contribution in [3.8, 4) is 0 Å². The van der Waals surface area contributed by atoms with Crippen molar-refractivity contribution in [1.29, 1.82) is 0 Å². The Bertz CT molecular complexity index is 922. The maximum Gasteiger partial charge on any atom is 0.108 e. The SMILES string of the molecule is C=C(Sc1ccc(N)cn1)N(C(CCc1ccccc1)=NC)c1ccccc1. The maximum absolute atomic E-state index is 5.75. The number of anilines is 2. The Morgan fingerprint density at radius 1 is 1.04 bits per heavy atom. The lowest BCUT2D eigenvalue weighted by atomic mass is 10.1. The summed E-state index contributed by atoms with van der Waals surface area (Å²) in [7, 11) is 1.83. The minimum Gasteiger partial charge on any atom is -0.397 e. The van der Waals surface area contributed by atoms with Crippen LogP contribution in [0.2, 0.25) is 0 Å². The van der Waals surface area contributed by atoms with E-state index in [4.69, 9.17) is 5.73 Å². The van der Waals surface area contributed by atoms with Crippen molar-refractivity contribution >= 4 is 29.0 Å². The lowest BCUT2D eigenvalue weighted by Crippen LogP contribution is -2.29. The van der Waals surface area contributed by atoms with Gasteiger partial charge in [-0.3, -0.25) is 9.89 Å². The van der Waals surface area contributed by atoms with Gasteiger partial charge in [-0.15, -0.1) is 0 Å². The van der Waals surface area contributed by atoms with Gasteiger partial charge in [0.05, 0.1) is 16.9 Å². The van der Waals surface area contributed by atoms with E-state index in [1.807, 2.05) is 43.4 Å². The van der Waals surface area contributed by atoms with Crippen LogP contribution in [0, 0.1) is 0 Å². The molecule has 0 amide bonds. The number of hydrogen-bond donors (Lipinski definition) is 1. The number of nitrogen functional groups attached to an aromatic ring is 1. The molecule has 142 valence electrons. The Labute approximate surface area is 170 Å². The number of hydrogen-bond acceptors (Lipinski definition) is 4. The third kappa shape index (κ3) is 5.24. The average molecular weight is 389 g/mol. The number of aliphatic imine (C=N–C) groups is 1. The standard InChI is InChI=1S/C23H24N4S/c1-18(28-23-16-14-20(24)17-26-23)27(21-11-7-4-8-12-21)22(25-2)15-13-19-9-5-3-6-10-19/h3-12,14,16-17H,1,13,15,24H2,2H3. The summed E-state index contributed by atoms with van der Waals surface area (Å²) in [5.41, 5.74) is 8.71. The molecule has 28 heavy (non-hydrogen) atoms. The number of nitrogens with two attached hydrogens (primary N) is 1. The first-order chi connectivity index (χ1) is 13.7. The second-order valence-electron chi connectivity index (χ2n) is 6.22. The van der Waals surface area contributed by atoms with E-state index < -0.39 is 0 Å². The van der Waals surface area contributed by atoms with Gasteiger partial charge >= 0.3 is 0 Å². The summed E-state index contributed by atoms with van der Waals surface area (Å²) in [5.74, 6) is 0.961. The highest BCUT2D eigenvalue weighted by molar-refractivity contribution is 8.03. The molecule has 2 N–H and O–H groups in total. The monoisotopic (exact) mass is 388 g/mol. The largest absolute Gasteiger partial charge is 0.397 e. The molecule has 1 aromatic heterocycles. The molecule has 3 rings (SSSR count). The summed E-state index contributed by atoms with van der Waals surface area (Å²) < 4.78 is 0. The molecule has 0 saturated carbocycles. The van der Waals surface area contributed by atoms with Crippen molar-refractivity contribution in [2.45, 2.75) is 17.9 Å². The Morgan fingerprint density at radius 2 is 1.71 bits per heavy atom. The molecule has 0 bridgehead atoms. The fourth-order valence-electron chi connectivity index (χ4n) is 2.86. The quantitative estimate of drug-likeness (QED) is 0.335. The van der Waals surface area contributed by atoms with Crippen LogP contribution in [0.3, 0.4) is 0 Å². The first-order valence-electron chi connectivity index (χ1n) is 9.10. The molecule has 2 aromatic carbocycles. The number of benzene rings is 2. The molecule has 0 atom stereocenters. The number of thioether (sulfide) groups is 1. The van der Waals surface area contributed by atoms with Gasteiger partial charge in [-0.2, -0.15) is 0 Å². The van der Waals surface area contributed by atoms with Gasteiger partial charge in [-0.1, -0.05) is 66.9 Å². The highest BCUT2D eigenvalue weighted by atomic mass is 32.2. The summed E-state index contributed by atoms with van der Waals surface area (Å²) in [6.45, 7) is 4.31. The van der Waals surface area contributed by atoms with Crippen LogP contribution in [-0.2, 0) is 6.42 Å². The Morgan fingerprint density at radius 3 is 2.32 bits per heavy atom. The molecule has 0 aliphatic rings. The minimum absolute atomic E-state index is 0.647. The zero-order chi connectivity index (χ0) is 19.8. The highest BCUT2D eigenvalue weighted by Gasteiger charge is 2.18. The molecule has 5 heteroatoms. The van der Waals surface area contributed by atoms with Crippen LogP contribution in [0.15, 0.2) is 101 Å². The molecule has 0 saturated heterocycles. The van der Waals surface area contributed by atoms with Crippen LogP contribution in [-0.4, -0.2) is 17.9 Å². The second kappa shape index (κ2) is 9.76. The van der Waals surface area contributed by atoms with Gasteiger partial charge in [-0.05, 0) is 36.2 Å². The average Bonchev–Trinajstić information content (AvgIpc) is 2.74. The van der Waals surface area contributed by atoms with E-state index in [1.165, 1.54) is 17.3 Å². The Balaban J connectivity index is 1.83. The van der Waals surface area contributed by atoms with Crippen molar-refractivity contribution in [3.63, 3.8) is 0 Å². The third-order valence-electron chi connectivity index (χ3n) is 4.24. The first-order valence-corrected chi connectivity index (χ1v) is 9.92. The van der Waals surface area contributed by atoms with Crippen molar-refractivity contribution in [2.75, 3.05) is 17.7 Å². The molecular formula is C23H24N4S. The Kier molecular flexibility index (Phi) is 6.87. The fraction of sp³-hybridized carbons (Fsp3) is 0.130. The number of para-hydroxylation sites is 1. The van der Waals surface area contributed by atoms with E-state index in [0.29, 0.717) is 5.69 Å². The number of rotatable bonds is 7. The predicted molar refractivity (Wildman–Crippen MR) is 121 cm³/mol. The van der Waals surface area contributed by atoms with Crippen LogP contribution < -0.4 is 10.6 Å². The van der Waals surface area contributed by atoms with Crippen LogP contribution in [0.1, 0.15) is 12.0 Å². The zero-order valence-corrected chi connectivity index (χ0v) is 16.8. The van der Waals surface area contributed by atoms with Crippen molar-refractivity contribution in [1.82, 2.24) is 4.98 Å².